The molecule has 1 N–H and O–H groups in total. The average Bonchev–Trinajstić information content (AvgIpc) is 2.89. The summed E-state index contributed by atoms with van der Waals surface area (Å²) in [5, 5.41) is 6.75. The second-order valence-corrected chi connectivity index (χ2v) is 5.31. The van der Waals surface area contributed by atoms with Crippen molar-refractivity contribution in [2.75, 3.05) is 12.4 Å². The molecule has 0 unspecified atom stereocenters. The highest BCUT2D eigenvalue weighted by Crippen LogP contribution is 2.28. The number of anilines is 1. The number of benzene rings is 1. The van der Waals surface area contributed by atoms with Crippen LogP contribution < -0.4 is 10.1 Å². The van der Waals surface area contributed by atoms with Crippen molar-refractivity contribution < 1.29 is 9.53 Å². The number of hydrogen-bond acceptors (Lipinski definition) is 5. The molecule has 0 spiro atoms. The zero-order valence-electron chi connectivity index (χ0n) is 10.4. The molecule has 2 rings (SSSR count). The summed E-state index contributed by atoms with van der Waals surface area (Å²) in [6, 6.07) is 5.38. The minimum Gasteiger partial charge on any atom is -0.497 e. The summed E-state index contributed by atoms with van der Waals surface area (Å²) in [5.41, 5.74) is 1.36. The molecule has 0 aliphatic heterocycles. The SMILES string of the molecule is CCc1nnsc1C(=O)Nc1cc(OC)ccc1Br. The summed E-state index contributed by atoms with van der Waals surface area (Å²) in [6.45, 7) is 1.94. The first kappa shape index (κ1) is 14.0. The molecule has 7 heteroatoms. The summed E-state index contributed by atoms with van der Waals surface area (Å²) >= 11 is 4.49. The highest BCUT2D eigenvalue weighted by atomic mass is 79.9. The third kappa shape index (κ3) is 3.10. The van der Waals surface area contributed by atoms with E-state index in [0.717, 1.165) is 16.0 Å². The molecular formula is C12H12BrN3O2S. The zero-order valence-corrected chi connectivity index (χ0v) is 12.8. The molecule has 0 aliphatic rings. The van der Waals surface area contributed by atoms with Gasteiger partial charge >= 0.3 is 0 Å². The van der Waals surface area contributed by atoms with Crippen molar-refractivity contribution >= 4 is 39.1 Å². The molecule has 1 aromatic carbocycles. The van der Waals surface area contributed by atoms with Crippen LogP contribution in [0.1, 0.15) is 22.3 Å². The number of carbonyl (C=O) groups is 1. The monoisotopic (exact) mass is 341 g/mol. The third-order valence-corrected chi connectivity index (χ3v) is 3.98. The molecule has 5 nitrogen and oxygen atoms in total. The number of ether oxygens (including phenoxy) is 1. The molecule has 1 heterocycles. The van der Waals surface area contributed by atoms with Crippen molar-refractivity contribution in [3.8, 4) is 5.75 Å². The Morgan fingerprint density at radius 3 is 3.00 bits per heavy atom. The molecule has 19 heavy (non-hydrogen) atoms. The van der Waals surface area contributed by atoms with E-state index in [1.807, 2.05) is 19.1 Å². The lowest BCUT2D eigenvalue weighted by molar-refractivity contribution is 0.102. The van der Waals surface area contributed by atoms with Crippen molar-refractivity contribution in [1.29, 1.82) is 0 Å². The Labute approximate surface area is 123 Å². The maximum absolute atomic E-state index is 12.2. The Bertz CT molecular complexity index is 600. The van der Waals surface area contributed by atoms with Gasteiger partial charge in [0.05, 0.1) is 18.5 Å². The number of rotatable bonds is 4. The number of carbonyl (C=O) groups excluding carboxylic acids is 1. The topological polar surface area (TPSA) is 64.1 Å². The molecular weight excluding hydrogens is 330 g/mol. The van der Waals surface area contributed by atoms with Gasteiger partial charge < -0.3 is 10.1 Å². The smallest absolute Gasteiger partial charge is 0.269 e. The molecule has 0 aliphatic carbocycles. The van der Waals surface area contributed by atoms with Crippen LogP contribution in [0.4, 0.5) is 5.69 Å². The van der Waals surface area contributed by atoms with E-state index in [0.29, 0.717) is 28.4 Å². The van der Waals surface area contributed by atoms with Crippen LogP contribution in [0.25, 0.3) is 0 Å². The lowest BCUT2D eigenvalue weighted by Gasteiger charge is -2.08. The molecule has 0 bridgehead atoms. The van der Waals surface area contributed by atoms with Crippen LogP contribution in [0, 0.1) is 0 Å². The van der Waals surface area contributed by atoms with E-state index < -0.39 is 0 Å². The summed E-state index contributed by atoms with van der Waals surface area (Å²) in [5.74, 6) is 0.470. The van der Waals surface area contributed by atoms with Crippen molar-refractivity contribution in [2.45, 2.75) is 13.3 Å². The van der Waals surface area contributed by atoms with Gasteiger partial charge in [-0.15, -0.1) is 5.10 Å². The highest BCUT2D eigenvalue weighted by Gasteiger charge is 2.16. The molecule has 100 valence electrons. The van der Waals surface area contributed by atoms with Crippen LogP contribution >= 0.6 is 27.5 Å². The predicted octanol–water partition coefficient (Wildman–Crippen LogP) is 3.12. The maximum atomic E-state index is 12.2. The van der Waals surface area contributed by atoms with Gasteiger partial charge in [0, 0.05) is 10.5 Å². The molecule has 0 atom stereocenters. The summed E-state index contributed by atoms with van der Waals surface area (Å²) in [7, 11) is 1.58. The first-order chi connectivity index (χ1) is 9.15. The van der Waals surface area contributed by atoms with Gasteiger partial charge in [0.15, 0.2) is 0 Å². The fourth-order valence-corrected chi connectivity index (χ4v) is 2.51. The first-order valence-electron chi connectivity index (χ1n) is 5.61. The van der Waals surface area contributed by atoms with Gasteiger partial charge in [-0.3, -0.25) is 4.79 Å². The molecule has 1 aromatic heterocycles. The third-order valence-electron chi connectivity index (χ3n) is 2.52. The van der Waals surface area contributed by atoms with E-state index in [-0.39, 0.29) is 5.91 Å². The second-order valence-electron chi connectivity index (χ2n) is 3.70. The number of nitrogens with one attached hydrogen (secondary N) is 1. The van der Waals surface area contributed by atoms with E-state index in [1.165, 1.54) is 0 Å². The number of nitrogens with zero attached hydrogens (tertiary/aromatic N) is 2. The van der Waals surface area contributed by atoms with Gasteiger partial charge in [-0.05, 0) is 46.0 Å². The van der Waals surface area contributed by atoms with E-state index in [2.05, 4.69) is 30.8 Å². The lowest BCUT2D eigenvalue weighted by Crippen LogP contribution is -2.12. The van der Waals surface area contributed by atoms with E-state index in [9.17, 15) is 4.79 Å². The van der Waals surface area contributed by atoms with Gasteiger partial charge in [0.1, 0.15) is 10.6 Å². The van der Waals surface area contributed by atoms with Gasteiger partial charge in [-0.25, -0.2) is 0 Å². The summed E-state index contributed by atoms with van der Waals surface area (Å²) < 4.78 is 9.73. The predicted molar refractivity (Wildman–Crippen MR) is 77.9 cm³/mol. The lowest BCUT2D eigenvalue weighted by atomic mass is 10.2. The molecule has 0 saturated heterocycles. The highest BCUT2D eigenvalue weighted by molar-refractivity contribution is 9.10. The zero-order chi connectivity index (χ0) is 13.8. The van der Waals surface area contributed by atoms with Crippen LogP contribution in [0.15, 0.2) is 22.7 Å². The van der Waals surface area contributed by atoms with Crippen LogP contribution in [0.2, 0.25) is 0 Å². The fraction of sp³-hybridized carbons (Fsp3) is 0.250. The van der Waals surface area contributed by atoms with Gasteiger partial charge in [0.25, 0.3) is 5.91 Å². The number of hydrogen-bond donors (Lipinski definition) is 1. The largest absolute Gasteiger partial charge is 0.497 e. The molecule has 1 amide bonds. The van der Waals surface area contributed by atoms with Gasteiger partial charge in [-0.2, -0.15) is 0 Å². The van der Waals surface area contributed by atoms with Crippen LogP contribution in [0.3, 0.4) is 0 Å². The van der Waals surface area contributed by atoms with E-state index in [4.69, 9.17) is 4.74 Å². The van der Waals surface area contributed by atoms with Crippen molar-refractivity contribution in [2.24, 2.45) is 0 Å². The summed E-state index contributed by atoms with van der Waals surface area (Å²) in [4.78, 5) is 12.7. The molecule has 0 saturated carbocycles. The Hall–Kier alpha value is -1.47. The first-order valence-corrected chi connectivity index (χ1v) is 7.18. The number of halogens is 1. The summed E-state index contributed by atoms with van der Waals surface area (Å²) in [6.07, 6.45) is 0.679. The maximum Gasteiger partial charge on any atom is 0.269 e. The Morgan fingerprint density at radius 1 is 1.53 bits per heavy atom. The minimum absolute atomic E-state index is 0.208. The van der Waals surface area contributed by atoms with Crippen molar-refractivity contribution in [3.05, 3.63) is 33.2 Å². The Morgan fingerprint density at radius 2 is 2.32 bits per heavy atom. The molecule has 0 fully saturated rings. The number of aryl methyl sites for hydroxylation is 1. The molecule has 2 aromatic rings. The van der Waals surface area contributed by atoms with Crippen LogP contribution in [-0.2, 0) is 6.42 Å². The number of amides is 1. The van der Waals surface area contributed by atoms with Crippen LogP contribution in [-0.4, -0.2) is 22.6 Å². The standard InChI is InChI=1S/C12H12BrN3O2S/c1-3-9-11(19-16-15-9)12(17)14-10-6-7(18-2)4-5-8(10)13/h4-6H,3H2,1-2H3,(H,14,17). The van der Waals surface area contributed by atoms with Crippen molar-refractivity contribution in [1.82, 2.24) is 9.59 Å². The van der Waals surface area contributed by atoms with E-state index >= 15 is 0 Å². The number of methoxy groups -OCH3 is 1. The Kier molecular flexibility index (Phi) is 4.49. The minimum atomic E-state index is -0.208. The van der Waals surface area contributed by atoms with Gasteiger partial charge in [0.2, 0.25) is 0 Å². The normalized spacial score (nSPS) is 10.3. The fourth-order valence-electron chi connectivity index (χ4n) is 1.52. The van der Waals surface area contributed by atoms with Crippen LogP contribution in [0.5, 0.6) is 5.75 Å². The second kappa shape index (κ2) is 6.12. The quantitative estimate of drug-likeness (QED) is 0.927. The Balaban J connectivity index is 2.24. The van der Waals surface area contributed by atoms with Crippen molar-refractivity contribution in [3.63, 3.8) is 0 Å². The number of aromatic nitrogens is 2. The van der Waals surface area contributed by atoms with Gasteiger partial charge in [-0.1, -0.05) is 11.4 Å². The van der Waals surface area contributed by atoms with E-state index in [1.54, 1.807) is 13.2 Å². The average molecular weight is 342 g/mol. The molecule has 0 radical (unpaired) electrons.